The van der Waals surface area contributed by atoms with Crippen LogP contribution in [0.1, 0.15) is 42.1 Å². The number of rotatable bonds is 6. The first-order valence-corrected chi connectivity index (χ1v) is 10.1. The van der Waals surface area contributed by atoms with Gasteiger partial charge in [0.15, 0.2) is 5.78 Å². The second-order valence-electron chi connectivity index (χ2n) is 7.45. The lowest BCUT2D eigenvalue weighted by atomic mass is 9.89. The van der Waals surface area contributed by atoms with Gasteiger partial charge in [-0.15, -0.1) is 0 Å². The molecule has 0 radical (unpaired) electrons. The fourth-order valence-electron chi connectivity index (χ4n) is 3.46. The zero-order valence-corrected chi connectivity index (χ0v) is 17.0. The van der Waals surface area contributed by atoms with Crippen LogP contribution in [0.4, 0.5) is 10.5 Å². The van der Waals surface area contributed by atoms with E-state index in [9.17, 15) is 14.7 Å². The van der Waals surface area contributed by atoms with Crippen molar-refractivity contribution >= 4 is 17.5 Å². The summed E-state index contributed by atoms with van der Waals surface area (Å²) in [6.45, 7) is 5.67. The predicted octanol–water partition coefficient (Wildman–Crippen LogP) is 4.62. The smallest absolute Gasteiger partial charge is 0.321 e. The first kappa shape index (κ1) is 20.7. The molecule has 1 saturated heterocycles. The first-order valence-electron chi connectivity index (χ1n) is 10.1. The van der Waals surface area contributed by atoms with Gasteiger partial charge < -0.3 is 20.1 Å². The number of phenols is 1. The Bertz CT molecular complexity index is 856. The number of urea groups is 1. The monoisotopic (exact) mass is 396 g/mol. The van der Waals surface area contributed by atoms with Gasteiger partial charge in [-0.2, -0.15) is 0 Å². The van der Waals surface area contributed by atoms with E-state index in [1.165, 1.54) is 12.1 Å². The minimum atomic E-state index is -0.175. The SMILES string of the molecule is CCCOc1cc(C)ccc1NC(=O)N1CCC(C(=O)c2ccc(O)cc2)CC1. The number of ketones is 1. The number of nitrogens with one attached hydrogen (secondary N) is 1. The van der Waals surface area contributed by atoms with Crippen molar-refractivity contribution in [2.45, 2.75) is 33.1 Å². The van der Waals surface area contributed by atoms with Gasteiger partial charge in [-0.3, -0.25) is 4.79 Å². The summed E-state index contributed by atoms with van der Waals surface area (Å²) in [5.74, 6) is 0.786. The largest absolute Gasteiger partial charge is 0.508 e. The molecule has 6 heteroatoms. The van der Waals surface area contributed by atoms with Crippen LogP contribution in [-0.2, 0) is 0 Å². The molecule has 0 aliphatic carbocycles. The zero-order valence-electron chi connectivity index (χ0n) is 17.0. The molecule has 0 atom stereocenters. The molecule has 154 valence electrons. The van der Waals surface area contributed by atoms with Crippen LogP contribution in [0.15, 0.2) is 42.5 Å². The highest BCUT2D eigenvalue weighted by molar-refractivity contribution is 5.98. The number of hydrogen-bond donors (Lipinski definition) is 2. The van der Waals surface area contributed by atoms with Gasteiger partial charge in [0.25, 0.3) is 0 Å². The van der Waals surface area contributed by atoms with Crippen LogP contribution in [0.3, 0.4) is 0 Å². The van der Waals surface area contributed by atoms with Crippen molar-refractivity contribution in [3.63, 3.8) is 0 Å². The molecule has 0 aromatic heterocycles. The molecule has 2 N–H and O–H groups in total. The van der Waals surface area contributed by atoms with Crippen LogP contribution < -0.4 is 10.1 Å². The Hall–Kier alpha value is -3.02. The van der Waals surface area contributed by atoms with Crippen LogP contribution in [0.5, 0.6) is 11.5 Å². The van der Waals surface area contributed by atoms with E-state index in [4.69, 9.17) is 4.74 Å². The summed E-state index contributed by atoms with van der Waals surface area (Å²) < 4.78 is 5.77. The maximum Gasteiger partial charge on any atom is 0.321 e. The normalized spacial score (nSPS) is 14.5. The number of nitrogens with zero attached hydrogens (tertiary/aromatic N) is 1. The van der Waals surface area contributed by atoms with Crippen LogP contribution in [0.2, 0.25) is 0 Å². The fourth-order valence-corrected chi connectivity index (χ4v) is 3.46. The lowest BCUT2D eigenvalue weighted by molar-refractivity contribution is 0.0859. The lowest BCUT2D eigenvalue weighted by Crippen LogP contribution is -2.42. The van der Waals surface area contributed by atoms with Gasteiger partial charge in [-0.05, 0) is 68.1 Å². The highest BCUT2D eigenvalue weighted by atomic mass is 16.5. The van der Waals surface area contributed by atoms with Gasteiger partial charge in [0.1, 0.15) is 11.5 Å². The number of carbonyl (C=O) groups is 2. The Morgan fingerprint density at radius 3 is 2.48 bits per heavy atom. The Morgan fingerprint density at radius 2 is 1.83 bits per heavy atom. The van der Waals surface area contributed by atoms with Crippen molar-refractivity contribution in [3.05, 3.63) is 53.6 Å². The quantitative estimate of drug-likeness (QED) is 0.699. The van der Waals surface area contributed by atoms with Gasteiger partial charge >= 0.3 is 6.03 Å². The van der Waals surface area contributed by atoms with E-state index in [-0.39, 0.29) is 23.5 Å². The molecule has 2 aromatic carbocycles. The Labute approximate surface area is 171 Å². The average Bonchev–Trinajstić information content (AvgIpc) is 2.74. The topological polar surface area (TPSA) is 78.9 Å². The second kappa shape index (κ2) is 9.45. The van der Waals surface area contributed by atoms with Crippen LogP contribution in [0, 0.1) is 12.8 Å². The third-order valence-electron chi connectivity index (χ3n) is 5.15. The van der Waals surface area contributed by atoms with Gasteiger partial charge in [0, 0.05) is 24.6 Å². The van der Waals surface area contributed by atoms with Crippen molar-refractivity contribution in [3.8, 4) is 11.5 Å². The molecule has 2 amide bonds. The number of carbonyl (C=O) groups excluding carboxylic acids is 2. The molecule has 29 heavy (non-hydrogen) atoms. The number of aryl methyl sites for hydroxylation is 1. The Balaban J connectivity index is 1.58. The number of phenolic OH excluding ortho intramolecular Hbond substituents is 1. The number of piperidine rings is 1. The minimum absolute atomic E-state index is 0.0684. The van der Waals surface area contributed by atoms with Crippen molar-refractivity contribution in [2.75, 3.05) is 25.0 Å². The fraction of sp³-hybridized carbons (Fsp3) is 0.391. The van der Waals surface area contributed by atoms with Crippen molar-refractivity contribution in [1.29, 1.82) is 0 Å². The molecular formula is C23H28N2O4. The third kappa shape index (κ3) is 5.28. The molecule has 1 heterocycles. The number of benzene rings is 2. The number of aromatic hydroxyl groups is 1. The predicted molar refractivity (Wildman–Crippen MR) is 113 cm³/mol. The Morgan fingerprint density at radius 1 is 1.14 bits per heavy atom. The maximum absolute atomic E-state index is 12.7. The summed E-state index contributed by atoms with van der Waals surface area (Å²) in [4.78, 5) is 27.1. The highest BCUT2D eigenvalue weighted by Crippen LogP contribution is 2.28. The molecule has 2 aromatic rings. The second-order valence-corrected chi connectivity index (χ2v) is 7.45. The van der Waals surface area contributed by atoms with Crippen molar-refractivity contribution < 1.29 is 19.4 Å². The van der Waals surface area contributed by atoms with E-state index in [0.717, 1.165) is 12.0 Å². The number of hydrogen-bond acceptors (Lipinski definition) is 4. The van der Waals surface area contributed by atoms with Gasteiger partial charge in [0.05, 0.1) is 12.3 Å². The van der Waals surface area contributed by atoms with E-state index >= 15 is 0 Å². The third-order valence-corrected chi connectivity index (χ3v) is 5.15. The molecule has 6 nitrogen and oxygen atoms in total. The molecule has 0 saturated carbocycles. The average molecular weight is 396 g/mol. The highest BCUT2D eigenvalue weighted by Gasteiger charge is 2.28. The molecular weight excluding hydrogens is 368 g/mol. The summed E-state index contributed by atoms with van der Waals surface area (Å²) in [5, 5.41) is 12.3. The minimum Gasteiger partial charge on any atom is -0.508 e. The van der Waals surface area contributed by atoms with E-state index in [0.29, 0.717) is 49.5 Å². The van der Waals surface area contributed by atoms with Crippen molar-refractivity contribution in [1.82, 2.24) is 4.90 Å². The van der Waals surface area contributed by atoms with Crippen LogP contribution in [-0.4, -0.2) is 41.5 Å². The molecule has 0 bridgehead atoms. The number of Topliss-reactive ketones (excluding diaryl/α,β-unsaturated/α-hetero) is 1. The first-order chi connectivity index (χ1) is 14.0. The molecule has 1 aliphatic heterocycles. The number of ether oxygens (including phenoxy) is 1. The van der Waals surface area contributed by atoms with Gasteiger partial charge in [-0.25, -0.2) is 4.79 Å². The zero-order chi connectivity index (χ0) is 20.8. The van der Waals surface area contributed by atoms with E-state index in [1.54, 1.807) is 17.0 Å². The van der Waals surface area contributed by atoms with Crippen molar-refractivity contribution in [2.24, 2.45) is 5.92 Å². The number of anilines is 1. The lowest BCUT2D eigenvalue weighted by Gasteiger charge is -2.31. The van der Waals surface area contributed by atoms with Crippen LogP contribution >= 0.6 is 0 Å². The molecule has 1 aliphatic rings. The molecule has 1 fully saturated rings. The summed E-state index contributed by atoms with van der Waals surface area (Å²) in [6, 6.07) is 11.9. The summed E-state index contributed by atoms with van der Waals surface area (Å²) in [5.41, 5.74) is 2.34. The molecule has 3 rings (SSSR count). The molecule has 0 spiro atoms. The van der Waals surface area contributed by atoms with Gasteiger partial charge in [-0.1, -0.05) is 13.0 Å². The van der Waals surface area contributed by atoms with E-state index in [1.807, 2.05) is 32.0 Å². The van der Waals surface area contributed by atoms with Gasteiger partial charge in [0.2, 0.25) is 0 Å². The Kier molecular flexibility index (Phi) is 6.75. The number of amides is 2. The van der Waals surface area contributed by atoms with Crippen LogP contribution in [0.25, 0.3) is 0 Å². The standard InChI is InChI=1S/C23H28N2O4/c1-3-14-29-21-15-16(2)4-9-20(21)24-23(28)25-12-10-18(11-13-25)22(27)17-5-7-19(26)8-6-17/h4-9,15,18,26H,3,10-14H2,1-2H3,(H,24,28). The maximum atomic E-state index is 12.7. The summed E-state index contributed by atoms with van der Waals surface area (Å²) in [7, 11) is 0. The summed E-state index contributed by atoms with van der Waals surface area (Å²) in [6.07, 6.45) is 2.14. The number of likely N-dealkylation sites (tertiary alicyclic amines) is 1. The molecule has 0 unspecified atom stereocenters. The van der Waals surface area contributed by atoms with E-state index in [2.05, 4.69) is 5.32 Å². The van der Waals surface area contributed by atoms with E-state index < -0.39 is 0 Å². The summed E-state index contributed by atoms with van der Waals surface area (Å²) >= 11 is 0.